The molecular formula is C35H37FN6O8S. The molecule has 0 spiro atoms. The lowest BCUT2D eigenvalue weighted by Crippen LogP contribution is -2.54. The van der Waals surface area contributed by atoms with E-state index in [0.717, 1.165) is 31.0 Å². The molecule has 4 aliphatic heterocycles. The number of piperidine rings is 2. The molecule has 0 saturated carbocycles. The number of nitrogens with zero attached hydrogens (tertiary/aromatic N) is 3. The molecule has 1 aromatic heterocycles. The van der Waals surface area contributed by atoms with Crippen LogP contribution in [0.2, 0.25) is 0 Å². The summed E-state index contributed by atoms with van der Waals surface area (Å²) < 4.78 is 26.3. The Morgan fingerprint density at radius 2 is 1.76 bits per heavy atom. The number of carbonyl (C=O) groups is 5. The Morgan fingerprint density at radius 3 is 2.53 bits per heavy atom. The number of rotatable bonds is 10. The minimum Gasteiger partial charge on any atom is -0.493 e. The third-order valence-corrected chi connectivity index (χ3v) is 11.1. The maximum Gasteiger partial charge on any atom is 0.262 e. The topological polar surface area (TPSA) is 180 Å². The van der Waals surface area contributed by atoms with Crippen LogP contribution in [0.1, 0.15) is 65.1 Å². The maximum absolute atomic E-state index is 15.0. The summed E-state index contributed by atoms with van der Waals surface area (Å²) in [5.41, 5.74) is 0.486. The zero-order chi connectivity index (χ0) is 35.6. The molecule has 4 aliphatic rings. The molecular weight excluding hydrogens is 683 g/mol. The van der Waals surface area contributed by atoms with Crippen LogP contribution in [0.25, 0.3) is 10.9 Å². The fourth-order valence-electron chi connectivity index (χ4n) is 6.87. The van der Waals surface area contributed by atoms with Crippen LogP contribution < -0.4 is 20.9 Å². The van der Waals surface area contributed by atoms with Gasteiger partial charge in [-0.3, -0.25) is 39.0 Å². The SMILES string of the molecule is O=C1CCC(N2C(=O)c3ccc(NCC(=O)N4CCC(COc5cc(F)c6c(=O)[nH]c(CSC7CCOCC7)nc6c5)CC4)cc3C2=O)C(=O)N1. The molecule has 3 aromatic rings. The fraction of sp³-hybridized carbons (Fsp3) is 0.457. The number of halogens is 1. The zero-order valence-corrected chi connectivity index (χ0v) is 28.5. The molecule has 3 fully saturated rings. The molecule has 5 heterocycles. The molecule has 14 nitrogen and oxygen atoms in total. The molecule has 0 radical (unpaired) electrons. The van der Waals surface area contributed by atoms with Gasteiger partial charge in [0.15, 0.2) is 0 Å². The lowest BCUT2D eigenvalue weighted by Gasteiger charge is -2.32. The van der Waals surface area contributed by atoms with Crippen molar-refractivity contribution >= 4 is 57.9 Å². The quantitative estimate of drug-likeness (QED) is 0.262. The van der Waals surface area contributed by atoms with Gasteiger partial charge in [0.2, 0.25) is 17.7 Å². The smallest absolute Gasteiger partial charge is 0.262 e. The van der Waals surface area contributed by atoms with E-state index in [1.54, 1.807) is 28.8 Å². The number of nitrogens with one attached hydrogen (secondary N) is 3. The molecule has 7 rings (SSSR count). The standard InChI is InChI=1S/C35H37FN6O8S/c36-25-14-21(15-26-31(25)33(46)39-28(38-26)18-51-22-7-11-49-12-8-22)50-17-19-5-9-41(10-6-19)30(44)16-37-20-1-2-23-24(13-20)35(48)42(34(23)47)27-3-4-29(43)40-32(27)45/h1-2,13-15,19,22,27,37H,3-12,16-18H2,(H,38,39,46)(H,40,43,45). The number of hydrogen-bond acceptors (Lipinski definition) is 11. The first-order chi connectivity index (χ1) is 24.6. The van der Waals surface area contributed by atoms with E-state index in [4.69, 9.17) is 9.47 Å². The Balaban J connectivity index is 0.891. The van der Waals surface area contributed by atoms with Crippen molar-refractivity contribution in [3.63, 3.8) is 0 Å². The summed E-state index contributed by atoms with van der Waals surface area (Å²) in [4.78, 5) is 85.5. The van der Waals surface area contributed by atoms with Crippen LogP contribution in [-0.2, 0) is 24.9 Å². The molecule has 16 heteroatoms. The maximum atomic E-state index is 15.0. The van der Waals surface area contributed by atoms with E-state index in [2.05, 4.69) is 20.6 Å². The minimum atomic E-state index is -1.05. The van der Waals surface area contributed by atoms with E-state index in [-0.39, 0.29) is 53.2 Å². The van der Waals surface area contributed by atoms with Crippen molar-refractivity contribution in [1.82, 2.24) is 25.1 Å². The van der Waals surface area contributed by atoms with Crippen LogP contribution in [0.4, 0.5) is 10.1 Å². The molecule has 268 valence electrons. The Bertz CT molecular complexity index is 1960. The van der Waals surface area contributed by atoms with E-state index in [1.165, 1.54) is 18.2 Å². The van der Waals surface area contributed by atoms with Gasteiger partial charge in [-0.1, -0.05) is 0 Å². The van der Waals surface area contributed by atoms with Crippen molar-refractivity contribution in [2.24, 2.45) is 5.92 Å². The average molecular weight is 721 g/mol. The highest BCUT2D eigenvalue weighted by Crippen LogP contribution is 2.30. The number of fused-ring (bicyclic) bond motifs is 2. The first-order valence-electron chi connectivity index (χ1n) is 17.1. The molecule has 0 bridgehead atoms. The Morgan fingerprint density at radius 1 is 1.00 bits per heavy atom. The van der Waals surface area contributed by atoms with Gasteiger partial charge in [-0.05, 0) is 56.2 Å². The summed E-state index contributed by atoms with van der Waals surface area (Å²) in [6.45, 7) is 2.74. The van der Waals surface area contributed by atoms with Crippen LogP contribution in [0.3, 0.4) is 0 Å². The number of benzene rings is 2. The van der Waals surface area contributed by atoms with Crippen molar-refractivity contribution in [3.05, 3.63) is 63.5 Å². The Hall–Kier alpha value is -4.83. The largest absolute Gasteiger partial charge is 0.493 e. The number of aromatic amines is 1. The second-order valence-electron chi connectivity index (χ2n) is 13.1. The molecule has 51 heavy (non-hydrogen) atoms. The van der Waals surface area contributed by atoms with Crippen molar-refractivity contribution in [1.29, 1.82) is 0 Å². The molecule has 3 saturated heterocycles. The second kappa shape index (κ2) is 14.8. The molecule has 1 atom stereocenters. The fourth-order valence-corrected chi connectivity index (χ4v) is 7.93. The summed E-state index contributed by atoms with van der Waals surface area (Å²) in [6, 6.07) is 6.32. The van der Waals surface area contributed by atoms with Crippen LogP contribution >= 0.6 is 11.8 Å². The normalized spacial score (nSPS) is 20.1. The Kier molecular flexibility index (Phi) is 10.0. The summed E-state index contributed by atoms with van der Waals surface area (Å²) in [5, 5.41) is 5.53. The average Bonchev–Trinajstić information content (AvgIpc) is 3.37. The highest BCUT2D eigenvalue weighted by molar-refractivity contribution is 7.99. The number of likely N-dealkylation sites (tertiary alicyclic amines) is 1. The third-order valence-electron chi connectivity index (χ3n) is 9.74. The lowest BCUT2D eigenvalue weighted by molar-refractivity contribution is -0.136. The number of ether oxygens (including phenoxy) is 2. The van der Waals surface area contributed by atoms with Gasteiger partial charge in [0, 0.05) is 55.8 Å². The van der Waals surface area contributed by atoms with Gasteiger partial charge in [0.05, 0.1) is 35.5 Å². The van der Waals surface area contributed by atoms with Crippen LogP contribution in [0.5, 0.6) is 5.75 Å². The summed E-state index contributed by atoms with van der Waals surface area (Å²) >= 11 is 1.70. The molecule has 0 aliphatic carbocycles. The lowest BCUT2D eigenvalue weighted by atomic mass is 9.97. The Labute approximate surface area is 295 Å². The predicted octanol–water partition coefficient (Wildman–Crippen LogP) is 2.61. The van der Waals surface area contributed by atoms with E-state index >= 15 is 0 Å². The number of amides is 5. The predicted molar refractivity (Wildman–Crippen MR) is 184 cm³/mol. The molecule has 3 N–H and O–H groups in total. The molecule has 1 unspecified atom stereocenters. The summed E-state index contributed by atoms with van der Waals surface area (Å²) in [6.07, 6.45) is 3.34. The first kappa shape index (κ1) is 34.6. The van der Waals surface area contributed by atoms with Crippen LogP contribution in [-0.4, -0.2) is 100 Å². The highest BCUT2D eigenvalue weighted by atomic mass is 32.2. The van der Waals surface area contributed by atoms with E-state index in [9.17, 15) is 33.2 Å². The van der Waals surface area contributed by atoms with E-state index in [1.807, 2.05) is 0 Å². The number of aromatic nitrogens is 2. The van der Waals surface area contributed by atoms with Crippen molar-refractivity contribution in [2.45, 2.75) is 55.6 Å². The number of H-pyrrole nitrogens is 1. The second-order valence-corrected chi connectivity index (χ2v) is 14.4. The highest BCUT2D eigenvalue weighted by Gasteiger charge is 2.44. The number of carbonyl (C=O) groups excluding carboxylic acids is 5. The number of anilines is 1. The monoisotopic (exact) mass is 720 g/mol. The van der Waals surface area contributed by atoms with Crippen LogP contribution in [0.15, 0.2) is 35.1 Å². The number of thioether (sulfide) groups is 1. The third kappa shape index (κ3) is 7.47. The summed E-state index contributed by atoms with van der Waals surface area (Å²) in [7, 11) is 0. The molecule has 5 amide bonds. The van der Waals surface area contributed by atoms with Gasteiger partial charge in [-0.2, -0.15) is 11.8 Å². The first-order valence-corrected chi connectivity index (χ1v) is 18.1. The van der Waals surface area contributed by atoms with Crippen LogP contribution in [0, 0.1) is 11.7 Å². The number of hydrogen-bond donors (Lipinski definition) is 3. The van der Waals surface area contributed by atoms with Gasteiger partial charge >= 0.3 is 0 Å². The van der Waals surface area contributed by atoms with Crippen molar-refractivity contribution in [3.8, 4) is 5.75 Å². The van der Waals surface area contributed by atoms with Gasteiger partial charge in [0.25, 0.3) is 17.4 Å². The minimum absolute atomic E-state index is 0.0307. The van der Waals surface area contributed by atoms with Gasteiger partial charge < -0.3 is 24.7 Å². The van der Waals surface area contributed by atoms with E-state index < -0.39 is 41.0 Å². The van der Waals surface area contributed by atoms with Crippen molar-refractivity contribution in [2.75, 3.05) is 44.8 Å². The van der Waals surface area contributed by atoms with Crippen molar-refractivity contribution < 1.29 is 37.8 Å². The van der Waals surface area contributed by atoms with E-state index in [0.29, 0.717) is 60.8 Å². The number of imide groups is 2. The zero-order valence-electron chi connectivity index (χ0n) is 27.7. The summed E-state index contributed by atoms with van der Waals surface area (Å²) in [5.74, 6) is -1.75. The van der Waals surface area contributed by atoms with Gasteiger partial charge in [-0.15, -0.1) is 0 Å². The van der Waals surface area contributed by atoms with Gasteiger partial charge in [-0.25, -0.2) is 9.37 Å². The van der Waals surface area contributed by atoms with Gasteiger partial charge in [0.1, 0.15) is 28.8 Å². The molecule has 2 aromatic carbocycles.